The fourth-order valence-electron chi connectivity index (χ4n) is 3.36. The summed E-state index contributed by atoms with van der Waals surface area (Å²) in [6.45, 7) is 2.00. The molecule has 1 aromatic heterocycles. The summed E-state index contributed by atoms with van der Waals surface area (Å²) in [7, 11) is 0. The van der Waals surface area contributed by atoms with Crippen molar-refractivity contribution in [1.29, 1.82) is 0 Å². The van der Waals surface area contributed by atoms with Gasteiger partial charge in [0.1, 0.15) is 16.6 Å². The van der Waals surface area contributed by atoms with Gasteiger partial charge >= 0.3 is 6.36 Å². The van der Waals surface area contributed by atoms with Gasteiger partial charge in [0.15, 0.2) is 0 Å². The van der Waals surface area contributed by atoms with E-state index in [0.717, 1.165) is 23.8 Å². The predicted octanol–water partition coefficient (Wildman–Crippen LogP) is 6.47. The number of nitrogens with zero attached hydrogens (tertiary/aromatic N) is 3. The summed E-state index contributed by atoms with van der Waals surface area (Å²) in [4.78, 5) is 12.2. The molecule has 29 heavy (non-hydrogen) atoms. The molecule has 1 aliphatic heterocycles. The van der Waals surface area contributed by atoms with Crippen molar-refractivity contribution in [3.8, 4) is 5.75 Å². The van der Waals surface area contributed by atoms with E-state index < -0.39 is 6.36 Å². The molecule has 1 aliphatic rings. The molecule has 1 fully saturated rings. The van der Waals surface area contributed by atoms with Crippen molar-refractivity contribution in [2.45, 2.75) is 67.7 Å². The molecular weight excluding hydrogens is 399 g/mol. The SMILES string of the molecule is FC(F)(F)Oc1ccc(Sc2cnc(N3CCCCCCCCCC3)cn2)cc1. The summed E-state index contributed by atoms with van der Waals surface area (Å²) < 4.78 is 40.6. The predicted molar refractivity (Wildman–Crippen MR) is 108 cm³/mol. The number of benzene rings is 1. The fraction of sp³-hybridized carbons (Fsp3) is 0.524. The second-order valence-corrected chi connectivity index (χ2v) is 8.24. The maximum absolute atomic E-state index is 12.2. The topological polar surface area (TPSA) is 38.2 Å². The van der Waals surface area contributed by atoms with E-state index in [1.807, 2.05) is 0 Å². The summed E-state index contributed by atoms with van der Waals surface area (Å²) in [6.07, 6.45) is 8.99. The molecular formula is C21H26F3N3OS. The molecule has 0 saturated carbocycles. The highest BCUT2D eigenvalue weighted by molar-refractivity contribution is 7.99. The van der Waals surface area contributed by atoms with Gasteiger partial charge in [0.2, 0.25) is 0 Å². The third-order valence-electron chi connectivity index (χ3n) is 4.82. The van der Waals surface area contributed by atoms with Crippen molar-refractivity contribution in [3.05, 3.63) is 36.7 Å². The molecule has 0 atom stereocenters. The first-order valence-electron chi connectivity index (χ1n) is 10.1. The molecule has 0 N–H and O–H groups in total. The van der Waals surface area contributed by atoms with E-state index in [1.54, 1.807) is 24.5 Å². The Balaban J connectivity index is 1.58. The van der Waals surface area contributed by atoms with E-state index in [9.17, 15) is 13.2 Å². The highest BCUT2D eigenvalue weighted by Gasteiger charge is 2.30. The lowest BCUT2D eigenvalue weighted by Gasteiger charge is -2.23. The number of rotatable bonds is 4. The van der Waals surface area contributed by atoms with Crippen molar-refractivity contribution in [2.75, 3.05) is 18.0 Å². The van der Waals surface area contributed by atoms with Gasteiger partial charge in [-0.15, -0.1) is 13.2 Å². The third-order valence-corrected chi connectivity index (χ3v) is 5.75. The Morgan fingerprint density at radius 2 is 1.38 bits per heavy atom. The largest absolute Gasteiger partial charge is 0.573 e. The van der Waals surface area contributed by atoms with Crippen LogP contribution >= 0.6 is 11.8 Å². The molecule has 8 heteroatoms. The van der Waals surface area contributed by atoms with E-state index in [0.29, 0.717) is 5.03 Å². The monoisotopic (exact) mass is 425 g/mol. The number of halogens is 3. The molecule has 1 aromatic carbocycles. The van der Waals surface area contributed by atoms with Gasteiger partial charge in [-0.05, 0) is 37.1 Å². The van der Waals surface area contributed by atoms with Crippen LogP contribution in [0, 0.1) is 0 Å². The molecule has 0 amide bonds. The Hall–Kier alpha value is -1.96. The van der Waals surface area contributed by atoms with Crippen molar-refractivity contribution >= 4 is 17.6 Å². The second-order valence-electron chi connectivity index (χ2n) is 7.15. The van der Waals surface area contributed by atoms with Gasteiger partial charge < -0.3 is 9.64 Å². The molecule has 0 aliphatic carbocycles. The summed E-state index contributed by atoms with van der Waals surface area (Å²) in [6, 6.07) is 5.75. The molecule has 1 saturated heterocycles. The third kappa shape index (κ3) is 7.76. The van der Waals surface area contributed by atoms with E-state index in [4.69, 9.17) is 0 Å². The first-order chi connectivity index (χ1) is 14.0. The molecule has 0 radical (unpaired) electrons. The highest BCUT2D eigenvalue weighted by atomic mass is 32.2. The summed E-state index contributed by atoms with van der Waals surface area (Å²) in [5.74, 6) is 0.658. The van der Waals surface area contributed by atoms with Crippen LogP contribution in [0.15, 0.2) is 46.6 Å². The van der Waals surface area contributed by atoms with Crippen LogP contribution in [0.25, 0.3) is 0 Å². The van der Waals surface area contributed by atoms with E-state index in [-0.39, 0.29) is 5.75 Å². The average Bonchev–Trinajstić information content (AvgIpc) is 2.75. The molecule has 0 bridgehead atoms. The first kappa shape index (κ1) is 21.7. The number of hydrogen-bond acceptors (Lipinski definition) is 5. The summed E-state index contributed by atoms with van der Waals surface area (Å²) in [5, 5.41) is 0.705. The Morgan fingerprint density at radius 3 is 1.90 bits per heavy atom. The van der Waals surface area contributed by atoms with Gasteiger partial charge in [0, 0.05) is 18.0 Å². The zero-order chi connectivity index (χ0) is 20.5. The average molecular weight is 426 g/mol. The van der Waals surface area contributed by atoms with E-state index >= 15 is 0 Å². The Bertz CT molecular complexity index is 726. The van der Waals surface area contributed by atoms with Crippen LogP contribution in [-0.4, -0.2) is 29.4 Å². The molecule has 3 rings (SSSR count). The Kier molecular flexibility index (Phi) is 8.03. The van der Waals surface area contributed by atoms with Gasteiger partial charge in [-0.3, -0.25) is 0 Å². The number of anilines is 1. The van der Waals surface area contributed by atoms with Crippen molar-refractivity contribution in [1.82, 2.24) is 9.97 Å². The number of aromatic nitrogens is 2. The van der Waals surface area contributed by atoms with Crippen molar-refractivity contribution in [2.24, 2.45) is 0 Å². The minimum absolute atomic E-state index is 0.233. The minimum atomic E-state index is -4.68. The van der Waals surface area contributed by atoms with Crippen LogP contribution in [0.4, 0.5) is 19.0 Å². The van der Waals surface area contributed by atoms with Crippen molar-refractivity contribution in [3.63, 3.8) is 0 Å². The lowest BCUT2D eigenvalue weighted by atomic mass is 10.1. The second kappa shape index (κ2) is 10.7. The minimum Gasteiger partial charge on any atom is -0.406 e. The molecule has 2 heterocycles. The van der Waals surface area contributed by atoms with Gasteiger partial charge in [-0.25, -0.2) is 9.97 Å². The lowest BCUT2D eigenvalue weighted by Crippen LogP contribution is -2.26. The lowest BCUT2D eigenvalue weighted by molar-refractivity contribution is -0.274. The smallest absolute Gasteiger partial charge is 0.406 e. The van der Waals surface area contributed by atoms with Gasteiger partial charge in [-0.2, -0.15) is 0 Å². The molecule has 4 nitrogen and oxygen atoms in total. The van der Waals surface area contributed by atoms with Crippen LogP contribution in [0.3, 0.4) is 0 Å². The maximum atomic E-state index is 12.2. The van der Waals surface area contributed by atoms with Gasteiger partial charge in [0.05, 0.1) is 12.4 Å². The number of ether oxygens (including phenoxy) is 1. The van der Waals surface area contributed by atoms with Crippen molar-refractivity contribution < 1.29 is 17.9 Å². The normalized spacial score (nSPS) is 16.9. The van der Waals surface area contributed by atoms with E-state index in [1.165, 1.54) is 75.3 Å². The van der Waals surface area contributed by atoms with Gasteiger partial charge in [-0.1, -0.05) is 50.3 Å². The first-order valence-corrected chi connectivity index (χ1v) is 10.9. The zero-order valence-electron chi connectivity index (χ0n) is 16.3. The quantitative estimate of drug-likeness (QED) is 0.561. The molecule has 0 spiro atoms. The van der Waals surface area contributed by atoms with Crippen LogP contribution in [-0.2, 0) is 0 Å². The van der Waals surface area contributed by atoms with E-state index in [2.05, 4.69) is 19.6 Å². The fourth-order valence-corrected chi connectivity index (χ4v) is 4.09. The highest BCUT2D eigenvalue weighted by Crippen LogP contribution is 2.29. The van der Waals surface area contributed by atoms with Crippen LogP contribution in [0.1, 0.15) is 51.4 Å². The zero-order valence-corrected chi connectivity index (χ0v) is 17.1. The Morgan fingerprint density at radius 1 is 0.793 bits per heavy atom. The maximum Gasteiger partial charge on any atom is 0.573 e. The number of hydrogen-bond donors (Lipinski definition) is 0. The van der Waals surface area contributed by atoms with Gasteiger partial charge in [0.25, 0.3) is 0 Å². The molecule has 2 aromatic rings. The van der Waals surface area contributed by atoms with Crippen LogP contribution in [0.5, 0.6) is 5.75 Å². The molecule has 0 unspecified atom stereocenters. The summed E-state index contributed by atoms with van der Waals surface area (Å²) in [5.41, 5.74) is 0. The van der Waals surface area contributed by atoms with Crippen LogP contribution in [0.2, 0.25) is 0 Å². The molecule has 158 valence electrons. The Labute approximate surface area is 173 Å². The number of alkyl halides is 3. The van der Waals surface area contributed by atoms with Crippen LogP contribution < -0.4 is 9.64 Å². The summed E-state index contributed by atoms with van der Waals surface area (Å²) >= 11 is 1.36. The standard InChI is InChI=1S/C21H26F3N3OS/c22-21(23,24)28-17-9-11-18(12-10-17)29-20-16-25-19(15-26-20)27-13-7-5-3-1-2-4-6-8-14-27/h9-12,15-16H,1-8,13-14H2.